The first kappa shape index (κ1) is 23.9. The van der Waals surface area contributed by atoms with Crippen molar-refractivity contribution < 1.29 is 18.0 Å². The zero-order chi connectivity index (χ0) is 23.6. The van der Waals surface area contributed by atoms with Gasteiger partial charge >= 0.3 is 0 Å². The minimum absolute atomic E-state index is 0.0641. The van der Waals surface area contributed by atoms with Crippen molar-refractivity contribution in [1.82, 2.24) is 9.62 Å². The first-order valence-electron chi connectivity index (χ1n) is 11.5. The van der Waals surface area contributed by atoms with E-state index in [0.717, 1.165) is 24.8 Å². The van der Waals surface area contributed by atoms with Gasteiger partial charge in [0.1, 0.15) is 6.54 Å². The molecule has 33 heavy (non-hydrogen) atoms. The van der Waals surface area contributed by atoms with Crippen LogP contribution in [-0.4, -0.2) is 50.7 Å². The molecule has 1 aromatic heterocycles. The maximum atomic E-state index is 13.1. The van der Waals surface area contributed by atoms with Crippen molar-refractivity contribution in [2.75, 3.05) is 31.1 Å². The Hall–Kier alpha value is -2.23. The molecule has 1 fully saturated rings. The van der Waals surface area contributed by atoms with E-state index in [1.807, 2.05) is 5.38 Å². The van der Waals surface area contributed by atoms with E-state index in [4.69, 9.17) is 0 Å². The third-order valence-corrected chi connectivity index (χ3v) is 9.55. The highest BCUT2D eigenvalue weighted by Gasteiger charge is 2.31. The number of hydrogen-bond acceptors (Lipinski definition) is 5. The number of piperidine rings is 1. The van der Waals surface area contributed by atoms with Crippen LogP contribution in [0.15, 0.2) is 34.5 Å². The summed E-state index contributed by atoms with van der Waals surface area (Å²) < 4.78 is 27.8. The number of aryl methyl sites for hydroxylation is 2. The van der Waals surface area contributed by atoms with Crippen LogP contribution in [0.25, 0.3) is 0 Å². The number of carbonyl (C=O) groups excluding carboxylic acids is 2. The SMILES string of the molecule is Cc1ccsc1CCNC(=O)CN1C(=O)CCc2cc(S(=O)(=O)N3CCC(C)CC3)ccc21. The fourth-order valence-electron chi connectivity index (χ4n) is 4.42. The molecule has 0 bridgehead atoms. The predicted octanol–water partition coefficient (Wildman–Crippen LogP) is 3.12. The van der Waals surface area contributed by atoms with Crippen LogP contribution in [0.3, 0.4) is 0 Å². The second kappa shape index (κ2) is 9.95. The van der Waals surface area contributed by atoms with E-state index in [9.17, 15) is 18.0 Å². The average Bonchev–Trinajstić information content (AvgIpc) is 3.20. The second-order valence-corrected chi connectivity index (χ2v) is 11.9. The van der Waals surface area contributed by atoms with Crippen molar-refractivity contribution in [2.45, 2.75) is 50.8 Å². The minimum atomic E-state index is -3.56. The van der Waals surface area contributed by atoms with Gasteiger partial charge in [-0.3, -0.25) is 9.59 Å². The summed E-state index contributed by atoms with van der Waals surface area (Å²) in [5, 5.41) is 4.94. The molecule has 9 heteroatoms. The average molecular weight is 490 g/mol. The highest BCUT2D eigenvalue weighted by molar-refractivity contribution is 7.89. The molecule has 0 radical (unpaired) electrons. The van der Waals surface area contributed by atoms with Gasteiger partial charge in [-0.25, -0.2) is 8.42 Å². The van der Waals surface area contributed by atoms with Crippen molar-refractivity contribution in [1.29, 1.82) is 0 Å². The molecule has 0 atom stereocenters. The van der Waals surface area contributed by atoms with Crippen LogP contribution in [0.2, 0.25) is 0 Å². The third-order valence-electron chi connectivity index (χ3n) is 6.58. The fraction of sp³-hybridized carbons (Fsp3) is 0.500. The zero-order valence-electron chi connectivity index (χ0n) is 19.2. The van der Waals surface area contributed by atoms with Gasteiger partial charge in [0.25, 0.3) is 0 Å². The molecule has 7 nitrogen and oxygen atoms in total. The first-order valence-corrected chi connectivity index (χ1v) is 13.8. The lowest BCUT2D eigenvalue weighted by Crippen LogP contribution is -2.43. The topological polar surface area (TPSA) is 86.8 Å². The third kappa shape index (κ3) is 5.31. The lowest BCUT2D eigenvalue weighted by Gasteiger charge is -2.31. The molecule has 1 N–H and O–H groups in total. The molecule has 2 amide bonds. The van der Waals surface area contributed by atoms with Gasteiger partial charge in [-0.05, 0) is 79.3 Å². The van der Waals surface area contributed by atoms with Gasteiger partial charge in [0.2, 0.25) is 21.8 Å². The number of fused-ring (bicyclic) bond motifs is 1. The predicted molar refractivity (Wildman–Crippen MR) is 130 cm³/mol. The van der Waals surface area contributed by atoms with E-state index in [2.05, 4.69) is 25.2 Å². The number of anilines is 1. The normalized spacial score (nSPS) is 17.8. The highest BCUT2D eigenvalue weighted by Crippen LogP contribution is 2.32. The van der Waals surface area contributed by atoms with Gasteiger partial charge in [0.15, 0.2) is 0 Å². The molecule has 0 saturated carbocycles. The Kier molecular flexibility index (Phi) is 7.21. The number of amides is 2. The maximum Gasteiger partial charge on any atom is 0.243 e. The van der Waals surface area contributed by atoms with Gasteiger partial charge in [-0.15, -0.1) is 11.3 Å². The van der Waals surface area contributed by atoms with Crippen molar-refractivity contribution >= 4 is 38.9 Å². The number of carbonyl (C=O) groups is 2. The minimum Gasteiger partial charge on any atom is -0.354 e. The molecule has 2 aliphatic heterocycles. The summed E-state index contributed by atoms with van der Waals surface area (Å²) in [6.45, 7) is 5.73. The van der Waals surface area contributed by atoms with Crippen LogP contribution >= 0.6 is 11.3 Å². The van der Waals surface area contributed by atoms with Crippen molar-refractivity contribution in [3.8, 4) is 0 Å². The molecule has 2 aromatic rings. The lowest BCUT2D eigenvalue weighted by molar-refractivity contribution is -0.124. The Morgan fingerprint density at radius 3 is 2.64 bits per heavy atom. The standard InChI is InChI=1S/C24H31N3O4S2/c1-17-8-12-26(13-9-17)33(30,31)20-4-5-21-19(15-20)3-6-24(29)27(21)16-23(28)25-11-7-22-18(2)10-14-32-22/h4-5,10,14-15,17H,3,6-9,11-13,16H2,1-2H3,(H,25,28). The van der Waals surface area contributed by atoms with E-state index in [-0.39, 0.29) is 29.7 Å². The summed E-state index contributed by atoms with van der Waals surface area (Å²) in [4.78, 5) is 28.1. The number of thiophene rings is 1. The molecule has 178 valence electrons. The number of benzene rings is 1. The summed E-state index contributed by atoms with van der Waals surface area (Å²) in [6.07, 6.45) is 3.24. The Labute approximate surface area is 199 Å². The molecule has 1 aromatic carbocycles. The number of nitrogens with one attached hydrogen (secondary N) is 1. The summed E-state index contributed by atoms with van der Waals surface area (Å²) in [7, 11) is -3.56. The number of sulfonamides is 1. The van der Waals surface area contributed by atoms with E-state index in [1.54, 1.807) is 33.8 Å². The Morgan fingerprint density at radius 2 is 1.94 bits per heavy atom. The largest absolute Gasteiger partial charge is 0.354 e. The second-order valence-electron chi connectivity index (χ2n) is 8.98. The number of nitrogens with zero attached hydrogens (tertiary/aromatic N) is 2. The van der Waals surface area contributed by atoms with Crippen LogP contribution in [0.5, 0.6) is 0 Å². The summed E-state index contributed by atoms with van der Waals surface area (Å²) in [5.74, 6) is 0.206. The van der Waals surface area contributed by atoms with Crippen molar-refractivity contribution in [3.05, 3.63) is 45.6 Å². The van der Waals surface area contributed by atoms with Crippen LogP contribution in [0.1, 0.15) is 42.2 Å². The smallest absolute Gasteiger partial charge is 0.243 e. The van der Waals surface area contributed by atoms with Crippen molar-refractivity contribution in [2.24, 2.45) is 5.92 Å². The van der Waals surface area contributed by atoms with Crippen molar-refractivity contribution in [3.63, 3.8) is 0 Å². The molecule has 2 aliphatic rings. The van der Waals surface area contributed by atoms with E-state index >= 15 is 0 Å². The van der Waals surface area contributed by atoms with Gasteiger partial charge in [0, 0.05) is 36.6 Å². The van der Waals surface area contributed by atoms with Gasteiger partial charge in [-0.2, -0.15) is 4.31 Å². The Morgan fingerprint density at radius 1 is 1.18 bits per heavy atom. The first-order chi connectivity index (χ1) is 15.8. The van der Waals surface area contributed by atoms with E-state index in [0.29, 0.717) is 37.7 Å². The van der Waals surface area contributed by atoms with Crippen LogP contribution in [0.4, 0.5) is 5.69 Å². The monoisotopic (exact) mass is 489 g/mol. The Balaban J connectivity index is 1.44. The molecule has 3 heterocycles. The van der Waals surface area contributed by atoms with E-state index in [1.165, 1.54) is 15.3 Å². The molecule has 0 spiro atoms. The number of hydrogen-bond donors (Lipinski definition) is 1. The zero-order valence-corrected chi connectivity index (χ0v) is 20.8. The van der Waals surface area contributed by atoms with Gasteiger partial charge in [0.05, 0.1) is 4.90 Å². The molecular formula is C24H31N3O4S2. The Bertz CT molecular complexity index is 1130. The fourth-order valence-corrected chi connectivity index (χ4v) is 6.85. The number of rotatable bonds is 7. The van der Waals surface area contributed by atoms with Crippen LogP contribution < -0.4 is 10.2 Å². The highest BCUT2D eigenvalue weighted by atomic mass is 32.2. The van der Waals surface area contributed by atoms with Crippen LogP contribution in [-0.2, 0) is 32.5 Å². The lowest BCUT2D eigenvalue weighted by atomic mass is 10.0. The molecule has 4 rings (SSSR count). The van der Waals surface area contributed by atoms with Crippen LogP contribution in [0, 0.1) is 12.8 Å². The molecule has 0 unspecified atom stereocenters. The maximum absolute atomic E-state index is 13.1. The summed E-state index contributed by atoms with van der Waals surface area (Å²) in [6, 6.07) is 6.98. The molecule has 1 saturated heterocycles. The molecule has 0 aliphatic carbocycles. The van der Waals surface area contributed by atoms with E-state index < -0.39 is 10.0 Å². The quantitative estimate of drug-likeness (QED) is 0.648. The molecular weight excluding hydrogens is 458 g/mol. The summed E-state index contributed by atoms with van der Waals surface area (Å²) in [5.41, 5.74) is 2.64. The van der Waals surface area contributed by atoms with Gasteiger partial charge < -0.3 is 10.2 Å². The van der Waals surface area contributed by atoms with Gasteiger partial charge in [-0.1, -0.05) is 6.92 Å². The summed E-state index contributed by atoms with van der Waals surface area (Å²) >= 11 is 1.67.